The largest absolute Gasteiger partial charge is 0.453 e. The van der Waals surface area contributed by atoms with Gasteiger partial charge in [0.1, 0.15) is 17.3 Å². The van der Waals surface area contributed by atoms with Gasteiger partial charge in [-0.25, -0.2) is 18.6 Å². The Labute approximate surface area is 229 Å². The molecule has 2 aromatic carbocycles. The van der Waals surface area contributed by atoms with Gasteiger partial charge in [0.05, 0.1) is 12.0 Å². The van der Waals surface area contributed by atoms with E-state index in [-0.39, 0.29) is 48.4 Å². The van der Waals surface area contributed by atoms with Gasteiger partial charge < -0.3 is 10.1 Å². The summed E-state index contributed by atoms with van der Waals surface area (Å²) in [7, 11) is 0. The number of rotatable bonds is 5. The molecule has 0 unspecified atom stereocenters. The molecule has 194 valence electrons. The molecule has 0 saturated heterocycles. The van der Waals surface area contributed by atoms with Gasteiger partial charge in [0.15, 0.2) is 11.6 Å². The molecular weight excluding hydrogens is 537 g/mol. The lowest BCUT2D eigenvalue weighted by Crippen LogP contribution is -2.35. The van der Waals surface area contributed by atoms with E-state index in [9.17, 15) is 18.4 Å². The summed E-state index contributed by atoms with van der Waals surface area (Å²) in [5.41, 5.74) is 1.64. The average Bonchev–Trinajstić information content (AvgIpc) is 2.87. The second kappa shape index (κ2) is 14.3. The van der Waals surface area contributed by atoms with Crippen molar-refractivity contribution in [3.05, 3.63) is 114 Å². The number of hydrogen-bond donors (Lipinski definition) is 2. The molecule has 0 spiro atoms. The number of ether oxygens (including phenoxy) is 1. The molecule has 0 atom stereocenters. The van der Waals surface area contributed by atoms with Gasteiger partial charge in [-0.2, -0.15) is 0 Å². The first-order valence-electron chi connectivity index (χ1n) is 10.7. The molecule has 2 aromatic heterocycles. The number of urea groups is 1. The van der Waals surface area contributed by atoms with Crippen molar-refractivity contribution in [1.82, 2.24) is 15.3 Å². The number of pyridine rings is 2. The first-order chi connectivity index (χ1) is 17.5. The highest BCUT2D eigenvalue weighted by atomic mass is 35.5. The SMILES string of the molecule is Cl.Cl.O=C(Cc1ccc(F)cc1)NC(=O)Nc1ccc(Oc2ccncc2C#Cc2ccccn2)c(F)c1. The predicted octanol–water partition coefficient (Wildman–Crippen LogP) is 5.68. The molecule has 38 heavy (non-hydrogen) atoms. The van der Waals surface area contributed by atoms with Crippen LogP contribution in [0.15, 0.2) is 85.3 Å². The molecule has 0 aliphatic heterocycles. The fraction of sp³-hybridized carbons (Fsp3) is 0.0370. The fourth-order valence-corrected chi connectivity index (χ4v) is 3.03. The Morgan fingerprint density at radius 2 is 1.68 bits per heavy atom. The summed E-state index contributed by atoms with van der Waals surface area (Å²) >= 11 is 0. The lowest BCUT2D eigenvalue weighted by molar-refractivity contribution is -0.119. The van der Waals surface area contributed by atoms with E-state index in [2.05, 4.69) is 32.4 Å². The van der Waals surface area contributed by atoms with Gasteiger partial charge in [0.25, 0.3) is 0 Å². The highest BCUT2D eigenvalue weighted by molar-refractivity contribution is 6.01. The van der Waals surface area contributed by atoms with Crippen molar-refractivity contribution in [2.75, 3.05) is 5.32 Å². The number of benzene rings is 2. The van der Waals surface area contributed by atoms with Crippen molar-refractivity contribution in [3.63, 3.8) is 0 Å². The number of imide groups is 1. The Kier molecular flexibility index (Phi) is 11.2. The standard InChI is InChI=1S/C27H18F2N4O3.2ClH/c28-20-7-4-18(5-8-20)15-26(34)33-27(35)32-22-10-11-25(23(29)16-22)36-24-12-14-30-17-19(24)6-9-21-3-1-2-13-31-21;;/h1-5,7-8,10-14,16-17H,15H2,(H2,32,33,34,35);2*1H. The minimum absolute atomic E-state index is 0. The van der Waals surface area contributed by atoms with Crippen LogP contribution in [0.5, 0.6) is 11.5 Å². The maximum atomic E-state index is 14.7. The molecule has 2 N–H and O–H groups in total. The molecule has 0 bridgehead atoms. The van der Waals surface area contributed by atoms with E-state index in [0.29, 0.717) is 16.8 Å². The third-order valence-electron chi connectivity index (χ3n) is 4.71. The van der Waals surface area contributed by atoms with Crippen molar-refractivity contribution in [3.8, 4) is 23.3 Å². The minimum Gasteiger partial charge on any atom is -0.453 e. The van der Waals surface area contributed by atoms with Gasteiger partial charge in [0.2, 0.25) is 5.91 Å². The molecule has 0 fully saturated rings. The average molecular weight is 557 g/mol. The van der Waals surface area contributed by atoms with E-state index < -0.39 is 23.6 Å². The predicted molar refractivity (Wildman–Crippen MR) is 143 cm³/mol. The Morgan fingerprint density at radius 1 is 0.895 bits per heavy atom. The summed E-state index contributed by atoms with van der Waals surface area (Å²) in [5, 5.41) is 4.52. The van der Waals surface area contributed by atoms with E-state index in [0.717, 1.165) is 6.07 Å². The summed E-state index contributed by atoms with van der Waals surface area (Å²) in [6.07, 6.45) is 4.48. The third kappa shape index (κ3) is 8.55. The number of anilines is 1. The zero-order valence-electron chi connectivity index (χ0n) is 19.5. The maximum Gasteiger partial charge on any atom is 0.325 e. The van der Waals surface area contributed by atoms with Crippen LogP contribution in [0.4, 0.5) is 19.3 Å². The number of carbonyl (C=O) groups is 2. The summed E-state index contributed by atoms with van der Waals surface area (Å²) in [6, 6.07) is 15.2. The number of halogens is 4. The van der Waals surface area contributed by atoms with Crippen molar-refractivity contribution in [1.29, 1.82) is 0 Å². The van der Waals surface area contributed by atoms with E-state index in [1.54, 1.807) is 24.4 Å². The first-order valence-corrected chi connectivity index (χ1v) is 10.7. The second-order valence-electron chi connectivity index (χ2n) is 7.39. The monoisotopic (exact) mass is 556 g/mol. The van der Waals surface area contributed by atoms with Crippen molar-refractivity contribution < 1.29 is 23.1 Å². The molecule has 11 heteroatoms. The highest BCUT2D eigenvalue weighted by Crippen LogP contribution is 2.28. The molecule has 4 aromatic rings. The van der Waals surface area contributed by atoms with Crippen molar-refractivity contribution >= 4 is 42.4 Å². The number of carbonyl (C=O) groups excluding carboxylic acids is 2. The Hall–Kier alpha value is -4.52. The topological polar surface area (TPSA) is 93.2 Å². The summed E-state index contributed by atoms with van der Waals surface area (Å²) in [5.74, 6) is 4.22. The normalized spacial score (nSPS) is 9.53. The quantitative estimate of drug-likeness (QED) is 0.308. The van der Waals surface area contributed by atoms with E-state index in [1.165, 1.54) is 48.8 Å². The molecule has 7 nitrogen and oxygen atoms in total. The van der Waals surface area contributed by atoms with Gasteiger partial charge in [0, 0.05) is 36.4 Å². The Morgan fingerprint density at radius 3 is 2.39 bits per heavy atom. The Balaban J connectivity index is 0.00000253. The van der Waals surface area contributed by atoms with E-state index >= 15 is 0 Å². The highest BCUT2D eigenvalue weighted by Gasteiger charge is 2.12. The first kappa shape index (κ1) is 29.7. The number of aromatic nitrogens is 2. The van der Waals surface area contributed by atoms with Crippen LogP contribution in [0.1, 0.15) is 16.8 Å². The number of nitrogens with zero attached hydrogens (tertiary/aromatic N) is 2. The van der Waals surface area contributed by atoms with Crippen LogP contribution in [0.2, 0.25) is 0 Å². The lowest BCUT2D eigenvalue weighted by atomic mass is 10.1. The lowest BCUT2D eigenvalue weighted by Gasteiger charge is -2.11. The molecule has 2 heterocycles. The molecular formula is C27H20Cl2F2N4O3. The summed E-state index contributed by atoms with van der Waals surface area (Å²) in [4.78, 5) is 32.3. The van der Waals surface area contributed by atoms with Crippen LogP contribution < -0.4 is 15.4 Å². The van der Waals surface area contributed by atoms with E-state index in [1.807, 2.05) is 6.07 Å². The maximum absolute atomic E-state index is 14.7. The fourth-order valence-electron chi connectivity index (χ4n) is 3.03. The van der Waals surface area contributed by atoms with Crippen LogP contribution in [0.3, 0.4) is 0 Å². The van der Waals surface area contributed by atoms with Crippen LogP contribution >= 0.6 is 24.8 Å². The zero-order chi connectivity index (χ0) is 25.3. The van der Waals surface area contributed by atoms with Crippen LogP contribution in [-0.4, -0.2) is 21.9 Å². The van der Waals surface area contributed by atoms with Gasteiger partial charge in [-0.05, 0) is 47.9 Å². The minimum atomic E-state index is -0.837. The summed E-state index contributed by atoms with van der Waals surface area (Å²) in [6.45, 7) is 0. The smallest absolute Gasteiger partial charge is 0.325 e. The van der Waals surface area contributed by atoms with Gasteiger partial charge >= 0.3 is 6.03 Å². The van der Waals surface area contributed by atoms with E-state index in [4.69, 9.17) is 4.74 Å². The number of nitrogens with one attached hydrogen (secondary N) is 2. The summed E-state index contributed by atoms with van der Waals surface area (Å²) < 4.78 is 33.3. The third-order valence-corrected chi connectivity index (χ3v) is 4.71. The van der Waals surface area contributed by atoms with Crippen molar-refractivity contribution in [2.45, 2.75) is 6.42 Å². The van der Waals surface area contributed by atoms with Gasteiger partial charge in [-0.15, -0.1) is 24.8 Å². The molecule has 0 saturated carbocycles. The van der Waals surface area contributed by atoms with Gasteiger partial charge in [-0.3, -0.25) is 15.1 Å². The molecule has 0 aliphatic rings. The van der Waals surface area contributed by atoms with Crippen molar-refractivity contribution in [2.24, 2.45) is 0 Å². The van der Waals surface area contributed by atoms with Crippen LogP contribution in [0, 0.1) is 23.5 Å². The number of hydrogen-bond acceptors (Lipinski definition) is 5. The molecule has 3 amide bonds. The number of amides is 3. The molecule has 0 radical (unpaired) electrons. The van der Waals surface area contributed by atoms with Gasteiger partial charge in [-0.1, -0.05) is 24.1 Å². The van der Waals surface area contributed by atoms with Crippen LogP contribution in [0.25, 0.3) is 0 Å². The Bertz CT molecular complexity index is 1460. The molecule has 0 aliphatic carbocycles. The second-order valence-corrected chi connectivity index (χ2v) is 7.39. The molecule has 4 rings (SSSR count). The zero-order valence-corrected chi connectivity index (χ0v) is 21.1. The van der Waals surface area contributed by atoms with Crippen LogP contribution in [-0.2, 0) is 11.2 Å².